The van der Waals surface area contributed by atoms with E-state index in [0.717, 1.165) is 17.9 Å². The zero-order chi connectivity index (χ0) is 15.0. The van der Waals surface area contributed by atoms with Crippen LogP contribution in [0.1, 0.15) is 19.4 Å². The second kappa shape index (κ2) is 8.66. The van der Waals surface area contributed by atoms with Crippen LogP contribution in [0, 0.1) is 0 Å². The molecule has 0 saturated heterocycles. The predicted molar refractivity (Wildman–Crippen MR) is 78.9 cm³/mol. The molecule has 1 rings (SSSR count). The number of hydrogen-bond acceptors (Lipinski definition) is 5. The molecule has 1 N–H and O–H groups in total. The molecule has 1 aromatic carbocycles. The third-order valence-electron chi connectivity index (χ3n) is 2.83. The van der Waals surface area contributed by atoms with Gasteiger partial charge in [-0.15, -0.1) is 0 Å². The van der Waals surface area contributed by atoms with Gasteiger partial charge < -0.3 is 24.3 Å². The maximum Gasteiger partial charge on any atom is 0.164 e. The lowest BCUT2D eigenvalue weighted by molar-refractivity contribution is 0.0807. The average molecular weight is 283 g/mol. The Kier molecular flexibility index (Phi) is 7.18. The van der Waals surface area contributed by atoms with Gasteiger partial charge in [0.05, 0.1) is 34.0 Å². The Bertz CT molecular complexity index is 407. The first-order valence-electron chi connectivity index (χ1n) is 6.73. The first kappa shape index (κ1) is 16.6. The van der Waals surface area contributed by atoms with Crippen molar-refractivity contribution in [1.29, 1.82) is 0 Å². The van der Waals surface area contributed by atoms with E-state index in [4.69, 9.17) is 18.9 Å². The Morgan fingerprint density at radius 3 is 2.10 bits per heavy atom. The van der Waals surface area contributed by atoms with E-state index in [1.54, 1.807) is 21.3 Å². The van der Waals surface area contributed by atoms with Crippen LogP contribution < -0.4 is 19.5 Å². The summed E-state index contributed by atoms with van der Waals surface area (Å²) in [7, 11) is 4.88. The van der Waals surface area contributed by atoms with Gasteiger partial charge in [0.2, 0.25) is 0 Å². The summed E-state index contributed by atoms with van der Waals surface area (Å²) < 4.78 is 21.4. The van der Waals surface area contributed by atoms with E-state index in [-0.39, 0.29) is 6.10 Å². The summed E-state index contributed by atoms with van der Waals surface area (Å²) >= 11 is 0. The molecular formula is C15H25NO4. The van der Waals surface area contributed by atoms with Crippen molar-refractivity contribution in [3.63, 3.8) is 0 Å². The number of methoxy groups -OCH3 is 3. The summed E-state index contributed by atoms with van der Waals surface area (Å²) in [5.74, 6) is 2.14. The van der Waals surface area contributed by atoms with E-state index in [1.165, 1.54) is 0 Å². The Morgan fingerprint density at radius 1 is 0.950 bits per heavy atom. The lowest BCUT2D eigenvalue weighted by atomic mass is 10.1. The number of nitrogens with one attached hydrogen (secondary N) is 1. The fourth-order valence-corrected chi connectivity index (χ4v) is 1.82. The molecule has 1 aromatic rings. The van der Waals surface area contributed by atoms with Gasteiger partial charge in [0, 0.05) is 24.7 Å². The van der Waals surface area contributed by atoms with Crippen molar-refractivity contribution in [1.82, 2.24) is 5.32 Å². The van der Waals surface area contributed by atoms with Gasteiger partial charge in [-0.05, 0) is 19.9 Å². The van der Waals surface area contributed by atoms with Gasteiger partial charge in [-0.3, -0.25) is 0 Å². The number of ether oxygens (including phenoxy) is 4. The second-order valence-corrected chi connectivity index (χ2v) is 4.62. The number of rotatable bonds is 9. The van der Waals surface area contributed by atoms with Crippen molar-refractivity contribution in [2.75, 3.05) is 34.5 Å². The molecule has 0 heterocycles. The van der Waals surface area contributed by atoms with Crippen LogP contribution in [0.5, 0.6) is 17.2 Å². The molecule has 5 heteroatoms. The fourth-order valence-electron chi connectivity index (χ4n) is 1.82. The normalized spacial score (nSPS) is 10.7. The van der Waals surface area contributed by atoms with Crippen molar-refractivity contribution < 1.29 is 18.9 Å². The summed E-state index contributed by atoms with van der Waals surface area (Å²) in [6.07, 6.45) is 0.257. The molecule has 0 amide bonds. The van der Waals surface area contributed by atoms with Gasteiger partial charge in [0.25, 0.3) is 0 Å². The van der Waals surface area contributed by atoms with Crippen LogP contribution in [0.4, 0.5) is 0 Å². The minimum absolute atomic E-state index is 0.257. The molecule has 0 aliphatic rings. The van der Waals surface area contributed by atoms with Crippen LogP contribution >= 0.6 is 0 Å². The summed E-state index contributed by atoms with van der Waals surface area (Å²) in [6, 6.07) is 3.76. The average Bonchev–Trinajstić information content (AvgIpc) is 2.45. The molecule has 5 nitrogen and oxygen atoms in total. The first-order chi connectivity index (χ1) is 9.62. The van der Waals surface area contributed by atoms with Crippen LogP contribution in [-0.2, 0) is 11.3 Å². The molecule has 114 valence electrons. The molecule has 0 unspecified atom stereocenters. The van der Waals surface area contributed by atoms with Gasteiger partial charge >= 0.3 is 0 Å². The van der Waals surface area contributed by atoms with Crippen molar-refractivity contribution in [2.24, 2.45) is 0 Å². The molecule has 20 heavy (non-hydrogen) atoms. The molecular weight excluding hydrogens is 258 g/mol. The van der Waals surface area contributed by atoms with Crippen LogP contribution in [0.2, 0.25) is 0 Å². The molecule has 0 radical (unpaired) electrons. The highest BCUT2D eigenvalue weighted by atomic mass is 16.5. The third-order valence-corrected chi connectivity index (χ3v) is 2.83. The molecule has 0 aliphatic heterocycles. The van der Waals surface area contributed by atoms with E-state index in [1.807, 2.05) is 26.0 Å². The Balaban J connectivity index is 2.63. The SMILES string of the molecule is COc1cc(OC)c(OC)cc1CNCCOC(C)C. The topological polar surface area (TPSA) is 49.0 Å². The summed E-state index contributed by atoms with van der Waals surface area (Å²) in [5.41, 5.74) is 1.02. The van der Waals surface area contributed by atoms with Gasteiger partial charge in [-0.25, -0.2) is 0 Å². The molecule has 0 fully saturated rings. The van der Waals surface area contributed by atoms with E-state index in [0.29, 0.717) is 24.7 Å². The van der Waals surface area contributed by atoms with Crippen LogP contribution in [0.3, 0.4) is 0 Å². The predicted octanol–water partition coefficient (Wildman–Crippen LogP) is 2.23. The van der Waals surface area contributed by atoms with Gasteiger partial charge in [-0.2, -0.15) is 0 Å². The molecule has 0 atom stereocenters. The number of benzene rings is 1. The maximum atomic E-state index is 5.48. The van der Waals surface area contributed by atoms with Crippen molar-refractivity contribution in [3.05, 3.63) is 17.7 Å². The Hall–Kier alpha value is -1.46. The van der Waals surface area contributed by atoms with Crippen molar-refractivity contribution in [2.45, 2.75) is 26.5 Å². The van der Waals surface area contributed by atoms with E-state index < -0.39 is 0 Å². The summed E-state index contributed by atoms with van der Waals surface area (Å²) in [4.78, 5) is 0. The fraction of sp³-hybridized carbons (Fsp3) is 0.600. The van der Waals surface area contributed by atoms with E-state index >= 15 is 0 Å². The highest BCUT2D eigenvalue weighted by Gasteiger charge is 2.11. The van der Waals surface area contributed by atoms with Gasteiger partial charge in [-0.1, -0.05) is 0 Å². The molecule has 0 spiro atoms. The largest absolute Gasteiger partial charge is 0.496 e. The Morgan fingerprint density at radius 2 is 1.55 bits per heavy atom. The summed E-state index contributed by atoms with van der Waals surface area (Å²) in [6.45, 7) is 6.21. The maximum absolute atomic E-state index is 5.48. The van der Waals surface area contributed by atoms with E-state index in [9.17, 15) is 0 Å². The Labute approximate surface area is 121 Å². The van der Waals surface area contributed by atoms with Crippen LogP contribution in [-0.4, -0.2) is 40.6 Å². The minimum Gasteiger partial charge on any atom is -0.496 e. The van der Waals surface area contributed by atoms with Crippen molar-refractivity contribution >= 4 is 0 Å². The standard InChI is InChI=1S/C15H25NO4/c1-11(2)20-7-6-16-10-12-8-14(18-4)15(19-5)9-13(12)17-3/h8-9,11,16H,6-7,10H2,1-5H3. The van der Waals surface area contributed by atoms with E-state index in [2.05, 4.69) is 5.32 Å². The summed E-state index contributed by atoms with van der Waals surface area (Å²) in [5, 5.41) is 3.32. The smallest absolute Gasteiger partial charge is 0.164 e. The minimum atomic E-state index is 0.257. The molecule has 0 bridgehead atoms. The zero-order valence-electron chi connectivity index (χ0n) is 13.0. The van der Waals surface area contributed by atoms with Crippen LogP contribution in [0.25, 0.3) is 0 Å². The van der Waals surface area contributed by atoms with Crippen LogP contribution in [0.15, 0.2) is 12.1 Å². The third kappa shape index (κ3) is 4.90. The highest BCUT2D eigenvalue weighted by molar-refractivity contribution is 5.50. The lowest BCUT2D eigenvalue weighted by Gasteiger charge is -2.15. The first-order valence-corrected chi connectivity index (χ1v) is 6.73. The molecule has 0 saturated carbocycles. The second-order valence-electron chi connectivity index (χ2n) is 4.62. The van der Waals surface area contributed by atoms with Crippen molar-refractivity contribution in [3.8, 4) is 17.2 Å². The zero-order valence-corrected chi connectivity index (χ0v) is 13.0. The van der Waals surface area contributed by atoms with Gasteiger partial charge in [0.1, 0.15) is 5.75 Å². The highest BCUT2D eigenvalue weighted by Crippen LogP contribution is 2.34. The molecule has 0 aromatic heterocycles. The molecule has 0 aliphatic carbocycles. The lowest BCUT2D eigenvalue weighted by Crippen LogP contribution is -2.21. The van der Waals surface area contributed by atoms with Gasteiger partial charge in [0.15, 0.2) is 11.5 Å². The number of hydrogen-bond donors (Lipinski definition) is 1. The monoisotopic (exact) mass is 283 g/mol. The quantitative estimate of drug-likeness (QED) is 0.704.